The molecule has 2 aromatic carbocycles. The Balaban J connectivity index is 1.79. The lowest BCUT2D eigenvalue weighted by atomic mass is 10.2. The van der Waals surface area contributed by atoms with E-state index in [1.54, 1.807) is 22.9 Å². The zero-order valence-electron chi connectivity index (χ0n) is 15.3. The second-order valence-electron chi connectivity index (χ2n) is 5.98. The lowest BCUT2D eigenvalue weighted by Crippen LogP contribution is -2.13. The van der Waals surface area contributed by atoms with Gasteiger partial charge < -0.3 is 14.8 Å². The van der Waals surface area contributed by atoms with Gasteiger partial charge in [0.05, 0.1) is 20.8 Å². The van der Waals surface area contributed by atoms with E-state index in [1.807, 2.05) is 37.3 Å². The Labute approximate surface area is 162 Å². The summed E-state index contributed by atoms with van der Waals surface area (Å²) >= 11 is 6.22. The van der Waals surface area contributed by atoms with Crippen LogP contribution in [0.25, 0.3) is 0 Å². The standard InChI is InChI=1S/C20H20ClN3O3/c1-13-8-19(23-24(13)12-14-6-4-5-7-18(14)21)22-20(25)15-9-16(26-2)11-17(10-15)27-3/h4-11H,12H2,1-3H3,(H,22,23,25). The van der Waals surface area contributed by atoms with Crippen LogP contribution < -0.4 is 14.8 Å². The summed E-state index contributed by atoms with van der Waals surface area (Å²) in [5.74, 6) is 1.25. The van der Waals surface area contributed by atoms with E-state index in [1.165, 1.54) is 14.2 Å². The summed E-state index contributed by atoms with van der Waals surface area (Å²) in [5.41, 5.74) is 2.29. The first-order chi connectivity index (χ1) is 13.0. The molecule has 6 nitrogen and oxygen atoms in total. The van der Waals surface area contributed by atoms with Gasteiger partial charge in [-0.05, 0) is 30.7 Å². The number of benzene rings is 2. The summed E-state index contributed by atoms with van der Waals surface area (Å²) in [6.45, 7) is 2.45. The van der Waals surface area contributed by atoms with Crippen LogP contribution in [0.1, 0.15) is 21.6 Å². The molecule has 0 saturated heterocycles. The van der Waals surface area contributed by atoms with Crippen LogP contribution in [0.15, 0.2) is 48.5 Å². The number of methoxy groups -OCH3 is 2. The van der Waals surface area contributed by atoms with Crippen LogP contribution in [-0.2, 0) is 6.54 Å². The van der Waals surface area contributed by atoms with Gasteiger partial charge in [0.25, 0.3) is 5.91 Å². The molecule has 0 spiro atoms. The SMILES string of the molecule is COc1cc(OC)cc(C(=O)Nc2cc(C)n(Cc3ccccc3Cl)n2)c1. The molecular formula is C20H20ClN3O3. The zero-order valence-corrected chi connectivity index (χ0v) is 16.1. The van der Waals surface area contributed by atoms with Crippen molar-refractivity contribution < 1.29 is 14.3 Å². The number of carbonyl (C=O) groups excluding carboxylic acids is 1. The minimum Gasteiger partial charge on any atom is -0.497 e. The van der Waals surface area contributed by atoms with E-state index in [2.05, 4.69) is 10.4 Å². The maximum atomic E-state index is 12.6. The highest BCUT2D eigenvalue weighted by molar-refractivity contribution is 6.31. The van der Waals surface area contributed by atoms with E-state index in [4.69, 9.17) is 21.1 Å². The molecule has 0 aliphatic heterocycles. The molecule has 0 aliphatic carbocycles. The summed E-state index contributed by atoms with van der Waals surface area (Å²) in [6, 6.07) is 14.4. The lowest BCUT2D eigenvalue weighted by molar-refractivity contribution is 0.102. The van der Waals surface area contributed by atoms with Crippen molar-refractivity contribution >= 4 is 23.3 Å². The van der Waals surface area contributed by atoms with Crippen molar-refractivity contribution in [2.24, 2.45) is 0 Å². The number of rotatable bonds is 6. The molecule has 27 heavy (non-hydrogen) atoms. The van der Waals surface area contributed by atoms with Gasteiger partial charge in [-0.2, -0.15) is 5.10 Å². The van der Waals surface area contributed by atoms with Crippen molar-refractivity contribution in [1.29, 1.82) is 0 Å². The molecule has 3 aromatic rings. The molecule has 1 aromatic heterocycles. The second-order valence-corrected chi connectivity index (χ2v) is 6.38. The molecule has 1 N–H and O–H groups in total. The minimum absolute atomic E-state index is 0.297. The van der Waals surface area contributed by atoms with Crippen molar-refractivity contribution in [2.45, 2.75) is 13.5 Å². The molecule has 0 unspecified atom stereocenters. The molecule has 0 radical (unpaired) electrons. The first-order valence-corrected chi connectivity index (χ1v) is 8.70. The number of hydrogen-bond acceptors (Lipinski definition) is 4. The Hall–Kier alpha value is -2.99. The van der Waals surface area contributed by atoms with E-state index in [-0.39, 0.29) is 5.91 Å². The summed E-state index contributed by atoms with van der Waals surface area (Å²) in [6.07, 6.45) is 0. The maximum absolute atomic E-state index is 12.6. The van der Waals surface area contributed by atoms with Gasteiger partial charge in [-0.1, -0.05) is 29.8 Å². The predicted octanol–water partition coefficient (Wildman–Crippen LogP) is 4.16. The van der Waals surface area contributed by atoms with Gasteiger partial charge in [-0.15, -0.1) is 0 Å². The van der Waals surface area contributed by atoms with Gasteiger partial charge in [-0.3, -0.25) is 9.48 Å². The molecule has 0 fully saturated rings. The normalized spacial score (nSPS) is 10.5. The first kappa shape index (κ1) is 18.8. The van der Waals surface area contributed by atoms with Crippen molar-refractivity contribution in [2.75, 3.05) is 19.5 Å². The number of aromatic nitrogens is 2. The van der Waals surface area contributed by atoms with Gasteiger partial charge in [-0.25, -0.2) is 0 Å². The fourth-order valence-electron chi connectivity index (χ4n) is 2.65. The van der Waals surface area contributed by atoms with Crippen molar-refractivity contribution in [3.05, 3.63) is 70.4 Å². The first-order valence-electron chi connectivity index (χ1n) is 8.32. The van der Waals surface area contributed by atoms with Crippen molar-refractivity contribution in [1.82, 2.24) is 9.78 Å². The van der Waals surface area contributed by atoms with E-state index in [0.29, 0.717) is 34.4 Å². The van der Waals surface area contributed by atoms with Gasteiger partial charge >= 0.3 is 0 Å². The number of carbonyl (C=O) groups is 1. The number of aryl methyl sites for hydroxylation is 1. The van der Waals surface area contributed by atoms with Crippen molar-refractivity contribution in [3.63, 3.8) is 0 Å². The van der Waals surface area contributed by atoms with E-state index < -0.39 is 0 Å². The fraction of sp³-hybridized carbons (Fsp3) is 0.200. The van der Waals surface area contributed by atoms with Gasteiger partial charge in [0, 0.05) is 28.4 Å². The average molecular weight is 386 g/mol. The van der Waals surface area contributed by atoms with E-state index >= 15 is 0 Å². The second kappa shape index (κ2) is 8.14. The smallest absolute Gasteiger partial charge is 0.257 e. The number of amides is 1. The molecule has 0 saturated carbocycles. The maximum Gasteiger partial charge on any atom is 0.257 e. The molecule has 0 aliphatic rings. The van der Waals surface area contributed by atoms with E-state index in [0.717, 1.165) is 11.3 Å². The number of nitrogens with zero attached hydrogens (tertiary/aromatic N) is 2. The summed E-state index contributed by atoms with van der Waals surface area (Å²) < 4.78 is 12.2. The van der Waals surface area contributed by atoms with Crippen LogP contribution in [0.3, 0.4) is 0 Å². The molecular weight excluding hydrogens is 366 g/mol. The third-order valence-electron chi connectivity index (χ3n) is 4.11. The third-order valence-corrected chi connectivity index (χ3v) is 4.48. The predicted molar refractivity (Wildman–Crippen MR) is 105 cm³/mol. The quantitative estimate of drug-likeness (QED) is 0.691. The topological polar surface area (TPSA) is 65.4 Å². The van der Waals surface area contributed by atoms with Gasteiger partial charge in [0.1, 0.15) is 11.5 Å². The Morgan fingerprint density at radius 1 is 1.11 bits per heavy atom. The number of anilines is 1. The van der Waals surface area contributed by atoms with Gasteiger partial charge in [0.15, 0.2) is 5.82 Å². The summed E-state index contributed by atoms with van der Waals surface area (Å²) in [4.78, 5) is 12.6. The number of ether oxygens (including phenoxy) is 2. The van der Waals surface area contributed by atoms with Crippen LogP contribution >= 0.6 is 11.6 Å². The highest BCUT2D eigenvalue weighted by Gasteiger charge is 2.13. The highest BCUT2D eigenvalue weighted by Crippen LogP contribution is 2.23. The Morgan fingerprint density at radius 3 is 2.41 bits per heavy atom. The molecule has 7 heteroatoms. The molecule has 3 rings (SSSR count). The van der Waals surface area contributed by atoms with Crippen molar-refractivity contribution in [3.8, 4) is 11.5 Å². The minimum atomic E-state index is -0.297. The fourth-order valence-corrected chi connectivity index (χ4v) is 2.84. The Morgan fingerprint density at radius 2 is 1.78 bits per heavy atom. The molecule has 1 amide bonds. The van der Waals surface area contributed by atoms with Crippen LogP contribution in [-0.4, -0.2) is 29.9 Å². The number of nitrogens with one attached hydrogen (secondary N) is 1. The Bertz CT molecular complexity index is 947. The number of hydrogen-bond donors (Lipinski definition) is 1. The summed E-state index contributed by atoms with van der Waals surface area (Å²) in [7, 11) is 3.08. The molecule has 1 heterocycles. The monoisotopic (exact) mass is 385 g/mol. The molecule has 140 valence electrons. The van der Waals surface area contributed by atoms with Crippen LogP contribution in [0.5, 0.6) is 11.5 Å². The largest absolute Gasteiger partial charge is 0.497 e. The van der Waals surface area contributed by atoms with Crippen LogP contribution in [0.2, 0.25) is 5.02 Å². The lowest BCUT2D eigenvalue weighted by Gasteiger charge is -2.08. The molecule has 0 atom stereocenters. The van der Waals surface area contributed by atoms with Crippen LogP contribution in [0.4, 0.5) is 5.82 Å². The third kappa shape index (κ3) is 4.41. The van der Waals surface area contributed by atoms with Gasteiger partial charge in [0.2, 0.25) is 0 Å². The average Bonchev–Trinajstić information content (AvgIpc) is 3.01. The zero-order chi connectivity index (χ0) is 19.4. The van der Waals surface area contributed by atoms with Crippen LogP contribution in [0, 0.1) is 6.92 Å². The highest BCUT2D eigenvalue weighted by atomic mass is 35.5. The van der Waals surface area contributed by atoms with E-state index in [9.17, 15) is 4.79 Å². The summed E-state index contributed by atoms with van der Waals surface area (Å²) in [5, 5.41) is 7.95. The number of halogens is 1. The molecule has 0 bridgehead atoms. The Kier molecular flexibility index (Phi) is 5.66.